The molecule has 1 aromatic rings. The molecule has 0 saturated heterocycles. The van der Waals surface area contributed by atoms with Crippen molar-refractivity contribution in [1.82, 2.24) is 0 Å². The molecule has 0 unspecified atom stereocenters. The number of halogens is 1. The Balaban J connectivity index is 3.05. The number of aryl methyl sites for hydroxylation is 1. The monoisotopic (exact) mass is 257 g/mol. The van der Waals surface area contributed by atoms with E-state index in [0.717, 1.165) is 12.7 Å². The van der Waals surface area contributed by atoms with Gasteiger partial charge in [-0.25, -0.2) is 4.79 Å². The molecule has 0 spiro atoms. The summed E-state index contributed by atoms with van der Waals surface area (Å²) in [4.78, 5) is 22.3. The van der Waals surface area contributed by atoms with E-state index < -0.39 is 11.9 Å². The van der Waals surface area contributed by atoms with E-state index in [1.165, 1.54) is 13.2 Å². The first kappa shape index (κ1) is 13.3. The minimum atomic E-state index is -0.982. The molecule has 0 radical (unpaired) electrons. The van der Waals surface area contributed by atoms with E-state index in [9.17, 15) is 9.59 Å². The molecule has 17 heavy (non-hydrogen) atoms. The molecule has 0 aromatic heterocycles. The number of methoxy groups -OCH3 is 2. The van der Waals surface area contributed by atoms with Gasteiger partial charge in [0.25, 0.3) is 0 Å². The van der Waals surface area contributed by atoms with Gasteiger partial charge in [-0.05, 0) is 24.6 Å². The molecule has 1 N–H and O–H groups in total. The Labute approximate surface area is 104 Å². The third-order valence-corrected chi connectivity index (χ3v) is 2.28. The van der Waals surface area contributed by atoms with Gasteiger partial charge in [0.1, 0.15) is 5.75 Å². The van der Waals surface area contributed by atoms with Gasteiger partial charge >= 0.3 is 11.9 Å². The van der Waals surface area contributed by atoms with Crippen molar-refractivity contribution in [3.63, 3.8) is 0 Å². The molecule has 0 fully saturated rings. The number of hydrogen-bond donors (Lipinski definition) is 1. The first-order valence-electron chi connectivity index (χ1n) is 4.73. The normalized spacial score (nSPS) is 9.65. The summed E-state index contributed by atoms with van der Waals surface area (Å²) in [7, 11) is 2.59. The van der Waals surface area contributed by atoms with Crippen molar-refractivity contribution < 1.29 is 19.1 Å². The molecular weight excluding hydrogens is 246 g/mol. The molecule has 0 heterocycles. The number of hydrogen-bond acceptors (Lipinski definition) is 4. The molecule has 0 aliphatic heterocycles. The fraction of sp³-hybridized carbons (Fsp3) is 0.273. The summed E-state index contributed by atoms with van der Waals surface area (Å²) in [6.45, 7) is 1.78. The Bertz CT molecular complexity index is 459. The number of carbonyl (C=O) groups excluding carboxylic acids is 2. The van der Waals surface area contributed by atoms with Gasteiger partial charge in [0.2, 0.25) is 0 Å². The summed E-state index contributed by atoms with van der Waals surface area (Å²) in [5, 5.41) is 2.80. The number of amides is 1. The highest BCUT2D eigenvalue weighted by Crippen LogP contribution is 2.31. The predicted octanol–water partition coefficient (Wildman–Crippen LogP) is 1.77. The van der Waals surface area contributed by atoms with Crippen LogP contribution in [0.3, 0.4) is 0 Å². The van der Waals surface area contributed by atoms with Crippen molar-refractivity contribution in [1.29, 1.82) is 0 Å². The van der Waals surface area contributed by atoms with Gasteiger partial charge in [-0.1, -0.05) is 11.6 Å². The average Bonchev–Trinajstić information content (AvgIpc) is 2.27. The summed E-state index contributed by atoms with van der Waals surface area (Å²) >= 11 is 5.85. The second-order valence-corrected chi connectivity index (χ2v) is 3.69. The Morgan fingerprint density at radius 2 is 1.94 bits per heavy atom. The zero-order valence-electron chi connectivity index (χ0n) is 9.67. The highest BCUT2D eigenvalue weighted by Gasteiger charge is 2.17. The van der Waals surface area contributed by atoms with Crippen LogP contribution in [0.1, 0.15) is 5.56 Å². The number of rotatable bonds is 2. The van der Waals surface area contributed by atoms with Gasteiger partial charge in [0.15, 0.2) is 0 Å². The van der Waals surface area contributed by atoms with Crippen LogP contribution in [-0.2, 0) is 14.3 Å². The highest BCUT2D eigenvalue weighted by atomic mass is 35.5. The summed E-state index contributed by atoms with van der Waals surface area (Å²) < 4.78 is 9.41. The lowest BCUT2D eigenvalue weighted by molar-refractivity contribution is -0.150. The smallest absolute Gasteiger partial charge is 0.396 e. The summed E-state index contributed by atoms with van der Waals surface area (Å²) in [6.07, 6.45) is 0. The first-order chi connectivity index (χ1) is 7.99. The second-order valence-electron chi connectivity index (χ2n) is 3.25. The summed E-state index contributed by atoms with van der Waals surface area (Å²) in [5.41, 5.74) is 1.08. The Morgan fingerprint density at radius 1 is 1.29 bits per heavy atom. The standard InChI is InChI=1S/C11H12ClNO4/c1-6-4-7(12)5-8(9(6)16-2)13-10(14)11(15)17-3/h4-5H,1-3H3,(H,13,14). The van der Waals surface area contributed by atoms with E-state index in [1.54, 1.807) is 13.0 Å². The molecule has 0 bridgehead atoms. The summed E-state index contributed by atoms with van der Waals surface area (Å²) in [5.74, 6) is -1.41. The molecule has 5 nitrogen and oxygen atoms in total. The number of esters is 1. The molecule has 0 aliphatic carbocycles. The topological polar surface area (TPSA) is 64.6 Å². The molecule has 6 heteroatoms. The highest BCUT2D eigenvalue weighted by molar-refractivity contribution is 6.37. The van der Waals surface area contributed by atoms with E-state index in [1.807, 2.05) is 0 Å². The van der Waals surface area contributed by atoms with Gasteiger partial charge < -0.3 is 14.8 Å². The maximum absolute atomic E-state index is 11.3. The molecule has 1 rings (SSSR count). The van der Waals surface area contributed by atoms with Crippen LogP contribution in [-0.4, -0.2) is 26.1 Å². The fourth-order valence-electron chi connectivity index (χ4n) is 1.36. The predicted molar refractivity (Wildman–Crippen MR) is 63.4 cm³/mol. The minimum Gasteiger partial charge on any atom is -0.494 e. The maximum atomic E-state index is 11.3. The largest absolute Gasteiger partial charge is 0.494 e. The van der Waals surface area contributed by atoms with Crippen molar-refractivity contribution in [2.24, 2.45) is 0 Å². The van der Waals surface area contributed by atoms with Crippen molar-refractivity contribution in [3.8, 4) is 5.75 Å². The number of nitrogens with one attached hydrogen (secondary N) is 1. The van der Waals surface area contributed by atoms with Crippen LogP contribution in [0.4, 0.5) is 5.69 Å². The molecule has 0 aliphatic rings. The first-order valence-corrected chi connectivity index (χ1v) is 5.10. The SMILES string of the molecule is COC(=O)C(=O)Nc1cc(Cl)cc(C)c1OC. The van der Waals surface area contributed by atoms with E-state index >= 15 is 0 Å². The third-order valence-electron chi connectivity index (χ3n) is 2.06. The third kappa shape index (κ3) is 3.10. The second kappa shape index (κ2) is 5.54. The zero-order chi connectivity index (χ0) is 13.0. The van der Waals surface area contributed by atoms with Crippen molar-refractivity contribution in [3.05, 3.63) is 22.7 Å². The fourth-order valence-corrected chi connectivity index (χ4v) is 1.63. The lowest BCUT2D eigenvalue weighted by Crippen LogP contribution is -2.24. The molecule has 1 amide bonds. The number of benzene rings is 1. The van der Waals surface area contributed by atoms with Gasteiger partial charge in [-0.3, -0.25) is 4.79 Å². The van der Waals surface area contributed by atoms with E-state index in [0.29, 0.717) is 16.5 Å². The van der Waals surface area contributed by atoms with Crippen LogP contribution in [0.2, 0.25) is 5.02 Å². The zero-order valence-corrected chi connectivity index (χ0v) is 10.4. The number of carbonyl (C=O) groups is 2. The van der Waals surface area contributed by atoms with E-state index in [2.05, 4.69) is 10.1 Å². The van der Waals surface area contributed by atoms with Crippen molar-refractivity contribution in [2.45, 2.75) is 6.92 Å². The minimum absolute atomic E-state index is 0.327. The average molecular weight is 258 g/mol. The van der Waals surface area contributed by atoms with Crippen molar-refractivity contribution >= 4 is 29.2 Å². The Hall–Kier alpha value is -1.75. The number of ether oxygens (including phenoxy) is 2. The maximum Gasteiger partial charge on any atom is 0.396 e. The van der Waals surface area contributed by atoms with Crippen molar-refractivity contribution in [2.75, 3.05) is 19.5 Å². The van der Waals surface area contributed by atoms with Crippen LogP contribution in [0, 0.1) is 6.92 Å². The lowest BCUT2D eigenvalue weighted by Gasteiger charge is -2.12. The van der Waals surface area contributed by atoms with Gasteiger partial charge in [-0.2, -0.15) is 0 Å². The van der Waals surface area contributed by atoms with Crippen LogP contribution < -0.4 is 10.1 Å². The van der Waals surface area contributed by atoms with Crippen LogP contribution >= 0.6 is 11.6 Å². The van der Waals surface area contributed by atoms with Crippen LogP contribution in [0.5, 0.6) is 5.75 Å². The molecular formula is C11H12ClNO4. The quantitative estimate of drug-likeness (QED) is 0.648. The molecule has 0 saturated carbocycles. The van der Waals surface area contributed by atoms with Gasteiger partial charge in [-0.15, -0.1) is 0 Å². The Kier molecular flexibility index (Phi) is 4.34. The van der Waals surface area contributed by atoms with Crippen LogP contribution in [0.25, 0.3) is 0 Å². The summed E-state index contributed by atoms with van der Waals surface area (Å²) in [6, 6.07) is 3.18. The van der Waals surface area contributed by atoms with Gasteiger partial charge in [0, 0.05) is 5.02 Å². The number of anilines is 1. The van der Waals surface area contributed by atoms with Gasteiger partial charge in [0.05, 0.1) is 19.9 Å². The molecule has 1 aromatic carbocycles. The molecule has 92 valence electrons. The van der Waals surface area contributed by atoms with E-state index in [4.69, 9.17) is 16.3 Å². The van der Waals surface area contributed by atoms with Crippen LogP contribution in [0.15, 0.2) is 12.1 Å². The molecule has 0 atom stereocenters. The lowest BCUT2D eigenvalue weighted by atomic mass is 10.2. The Morgan fingerprint density at radius 3 is 2.47 bits per heavy atom. The van der Waals surface area contributed by atoms with E-state index in [-0.39, 0.29) is 0 Å².